The van der Waals surface area contributed by atoms with Crippen LogP contribution in [0.15, 0.2) is 24.3 Å². The van der Waals surface area contributed by atoms with Gasteiger partial charge in [0.25, 0.3) is 0 Å². The largest absolute Gasteiger partial charge is 0.508 e. The molecular formula is C13H20N2O3. The predicted molar refractivity (Wildman–Crippen MR) is 69.3 cm³/mol. The highest BCUT2D eigenvalue weighted by Gasteiger charge is 2.17. The van der Waals surface area contributed by atoms with Crippen LogP contribution in [0.1, 0.15) is 12.5 Å². The summed E-state index contributed by atoms with van der Waals surface area (Å²) in [7, 11) is 1.75. The third kappa shape index (κ3) is 4.83. The van der Waals surface area contributed by atoms with E-state index in [2.05, 4.69) is 10.6 Å². The lowest BCUT2D eigenvalue weighted by molar-refractivity contribution is -0.116. The zero-order valence-electron chi connectivity index (χ0n) is 10.7. The summed E-state index contributed by atoms with van der Waals surface area (Å²) in [4.78, 5) is 10.8. The molecule has 0 saturated heterocycles. The van der Waals surface area contributed by atoms with Gasteiger partial charge in [-0.1, -0.05) is 12.1 Å². The van der Waals surface area contributed by atoms with E-state index in [0.717, 1.165) is 5.56 Å². The number of carbonyl (C=O) groups excluding carboxylic acids is 1. The van der Waals surface area contributed by atoms with Gasteiger partial charge in [0, 0.05) is 0 Å². The van der Waals surface area contributed by atoms with Crippen LogP contribution < -0.4 is 10.6 Å². The Labute approximate surface area is 107 Å². The second-order valence-corrected chi connectivity index (χ2v) is 4.29. The van der Waals surface area contributed by atoms with Gasteiger partial charge in [-0.15, -0.1) is 0 Å². The summed E-state index contributed by atoms with van der Waals surface area (Å²) in [6, 6.07) is 6.62. The zero-order valence-corrected chi connectivity index (χ0v) is 10.7. The minimum Gasteiger partial charge on any atom is -0.508 e. The van der Waals surface area contributed by atoms with E-state index >= 15 is 0 Å². The number of Topliss-reactive ketones (excluding diaryl/α,β-unsaturated/α-hetero) is 1. The summed E-state index contributed by atoms with van der Waals surface area (Å²) in [6.45, 7) is 1.61. The van der Waals surface area contributed by atoms with E-state index in [0.29, 0.717) is 6.42 Å². The normalized spacial score (nSPS) is 14.2. The molecule has 0 aliphatic rings. The predicted octanol–water partition coefficient (Wildman–Crippen LogP) is 0.0197. The molecule has 1 aromatic carbocycles. The van der Waals surface area contributed by atoms with Crippen molar-refractivity contribution < 1.29 is 15.0 Å². The first-order chi connectivity index (χ1) is 8.52. The Bertz CT molecular complexity index is 378. The van der Waals surface area contributed by atoms with E-state index in [1.165, 1.54) is 6.92 Å². The maximum Gasteiger partial charge on any atom is 0.143 e. The van der Waals surface area contributed by atoms with E-state index in [1.54, 1.807) is 31.3 Å². The molecule has 1 unspecified atom stereocenters. The summed E-state index contributed by atoms with van der Waals surface area (Å²) in [5.41, 5.74) is 0.996. The number of aliphatic hydroxyl groups is 1. The quantitative estimate of drug-likeness (QED) is 0.514. The van der Waals surface area contributed by atoms with Crippen LogP contribution >= 0.6 is 0 Å². The number of likely N-dealkylation sites (N-methyl/N-ethyl adjacent to an activating group) is 1. The van der Waals surface area contributed by atoms with E-state index in [1.807, 2.05) is 0 Å². The molecule has 0 spiro atoms. The van der Waals surface area contributed by atoms with Crippen molar-refractivity contribution in [1.82, 2.24) is 10.6 Å². The Morgan fingerprint density at radius 2 is 1.94 bits per heavy atom. The van der Waals surface area contributed by atoms with Crippen LogP contribution in [0.3, 0.4) is 0 Å². The van der Waals surface area contributed by atoms with Gasteiger partial charge in [-0.2, -0.15) is 0 Å². The number of phenolic OH excluding ortho intramolecular Hbond substituents is 1. The fraction of sp³-hybridized carbons (Fsp3) is 0.462. The van der Waals surface area contributed by atoms with Gasteiger partial charge in [0.05, 0.1) is 12.6 Å². The number of rotatable bonds is 7. The Hall–Kier alpha value is -1.43. The number of benzene rings is 1. The Kier molecular flexibility index (Phi) is 5.77. The fourth-order valence-electron chi connectivity index (χ4n) is 1.65. The van der Waals surface area contributed by atoms with Gasteiger partial charge in [-0.05, 0) is 38.1 Å². The summed E-state index contributed by atoms with van der Waals surface area (Å²) < 4.78 is 0. The molecule has 0 aromatic heterocycles. The first-order valence-corrected chi connectivity index (χ1v) is 5.89. The molecule has 0 radical (unpaired) electrons. The number of phenols is 1. The molecule has 18 heavy (non-hydrogen) atoms. The molecule has 0 bridgehead atoms. The highest BCUT2D eigenvalue weighted by atomic mass is 16.3. The van der Waals surface area contributed by atoms with Crippen molar-refractivity contribution in [3.8, 4) is 5.75 Å². The molecular weight excluding hydrogens is 232 g/mol. The average molecular weight is 252 g/mol. The molecule has 4 N–H and O–H groups in total. The number of carbonyl (C=O) groups is 1. The van der Waals surface area contributed by atoms with Crippen molar-refractivity contribution in [2.75, 3.05) is 13.6 Å². The lowest BCUT2D eigenvalue weighted by atomic mass is 10.0. The molecule has 0 aliphatic heterocycles. The molecule has 0 aliphatic carbocycles. The first-order valence-electron chi connectivity index (χ1n) is 5.89. The molecule has 2 atom stereocenters. The number of aromatic hydroxyl groups is 1. The molecule has 1 rings (SSSR count). The topological polar surface area (TPSA) is 81.6 Å². The average Bonchev–Trinajstić information content (AvgIpc) is 2.35. The van der Waals surface area contributed by atoms with E-state index in [-0.39, 0.29) is 24.1 Å². The van der Waals surface area contributed by atoms with Crippen LogP contribution in [0, 0.1) is 0 Å². The second kappa shape index (κ2) is 7.10. The van der Waals surface area contributed by atoms with Crippen molar-refractivity contribution in [1.29, 1.82) is 0 Å². The smallest absolute Gasteiger partial charge is 0.143 e. The Morgan fingerprint density at radius 3 is 2.44 bits per heavy atom. The van der Waals surface area contributed by atoms with Gasteiger partial charge in [-0.25, -0.2) is 0 Å². The lowest BCUT2D eigenvalue weighted by Crippen LogP contribution is -2.49. The van der Waals surface area contributed by atoms with Crippen LogP contribution in [0.25, 0.3) is 0 Å². The minimum atomic E-state index is -0.798. The highest BCUT2D eigenvalue weighted by Crippen LogP contribution is 2.11. The van der Waals surface area contributed by atoms with Crippen LogP contribution in [0.2, 0.25) is 0 Å². The molecule has 0 saturated carbocycles. The molecule has 0 heterocycles. The van der Waals surface area contributed by atoms with E-state index < -0.39 is 6.23 Å². The first kappa shape index (κ1) is 14.6. The minimum absolute atomic E-state index is 0.0199. The maximum absolute atomic E-state index is 10.8. The van der Waals surface area contributed by atoms with Crippen LogP contribution in [-0.2, 0) is 11.2 Å². The van der Waals surface area contributed by atoms with Crippen LogP contribution in [0.4, 0.5) is 0 Å². The van der Waals surface area contributed by atoms with Crippen molar-refractivity contribution in [2.45, 2.75) is 25.6 Å². The molecule has 5 heteroatoms. The molecule has 5 nitrogen and oxygen atoms in total. The van der Waals surface area contributed by atoms with Gasteiger partial charge >= 0.3 is 0 Å². The number of hydrogen-bond donors (Lipinski definition) is 4. The SMILES string of the molecule is CN[C@@H](Cc1ccc(O)cc1)C(O)NCC(C)=O. The summed E-state index contributed by atoms with van der Waals surface area (Å²) >= 11 is 0. The zero-order chi connectivity index (χ0) is 13.5. The number of aliphatic hydroxyl groups excluding tert-OH is 1. The molecule has 0 fully saturated rings. The summed E-state index contributed by atoms with van der Waals surface area (Å²) in [6.07, 6.45) is -0.198. The molecule has 1 aromatic rings. The number of hydrogen-bond acceptors (Lipinski definition) is 5. The van der Waals surface area contributed by atoms with E-state index in [4.69, 9.17) is 0 Å². The van der Waals surface area contributed by atoms with Crippen molar-refractivity contribution in [3.05, 3.63) is 29.8 Å². The van der Waals surface area contributed by atoms with Gasteiger partial charge < -0.3 is 15.5 Å². The second-order valence-electron chi connectivity index (χ2n) is 4.29. The van der Waals surface area contributed by atoms with Gasteiger partial charge in [0.1, 0.15) is 17.8 Å². The maximum atomic E-state index is 10.8. The Balaban J connectivity index is 2.55. The van der Waals surface area contributed by atoms with Gasteiger partial charge in [0.2, 0.25) is 0 Å². The Morgan fingerprint density at radius 1 is 1.33 bits per heavy atom. The fourth-order valence-corrected chi connectivity index (χ4v) is 1.65. The van der Waals surface area contributed by atoms with Crippen LogP contribution in [0.5, 0.6) is 5.75 Å². The number of ketones is 1. The molecule has 0 amide bonds. The number of nitrogens with one attached hydrogen (secondary N) is 2. The van der Waals surface area contributed by atoms with Crippen molar-refractivity contribution in [2.24, 2.45) is 0 Å². The summed E-state index contributed by atoms with van der Waals surface area (Å²) in [5, 5.41) is 24.8. The van der Waals surface area contributed by atoms with Gasteiger partial charge in [-0.3, -0.25) is 10.1 Å². The standard InChI is InChI=1S/C13H20N2O3/c1-9(16)8-15-13(18)12(14-2)7-10-3-5-11(17)6-4-10/h3-6,12-15,17-18H,7-8H2,1-2H3/t12-,13?/m0/s1. The van der Waals surface area contributed by atoms with Gasteiger partial charge in [0.15, 0.2) is 0 Å². The monoisotopic (exact) mass is 252 g/mol. The van der Waals surface area contributed by atoms with Crippen molar-refractivity contribution in [3.63, 3.8) is 0 Å². The highest BCUT2D eigenvalue weighted by molar-refractivity contribution is 5.77. The van der Waals surface area contributed by atoms with Crippen molar-refractivity contribution >= 4 is 5.78 Å². The molecule has 100 valence electrons. The third-order valence-electron chi connectivity index (χ3n) is 2.70. The third-order valence-corrected chi connectivity index (χ3v) is 2.70. The lowest BCUT2D eigenvalue weighted by Gasteiger charge is -2.23. The summed E-state index contributed by atoms with van der Waals surface area (Å²) in [5.74, 6) is 0.198. The van der Waals surface area contributed by atoms with E-state index in [9.17, 15) is 15.0 Å². The van der Waals surface area contributed by atoms with Crippen LogP contribution in [-0.4, -0.2) is 41.9 Å².